The van der Waals surface area contributed by atoms with Crippen LogP contribution < -0.4 is 4.74 Å². The van der Waals surface area contributed by atoms with Gasteiger partial charge in [0, 0.05) is 38.2 Å². The second-order valence-corrected chi connectivity index (χ2v) is 7.62. The Kier molecular flexibility index (Phi) is 4.10. The molecule has 7 heteroatoms. The summed E-state index contributed by atoms with van der Waals surface area (Å²) in [5, 5.41) is 0. The lowest BCUT2D eigenvalue weighted by atomic mass is 10.3. The molecule has 0 aromatic heterocycles. The monoisotopic (exact) mass is 324 g/mol. The first-order valence-electron chi connectivity index (χ1n) is 7.45. The highest BCUT2D eigenvalue weighted by atomic mass is 32.2. The summed E-state index contributed by atoms with van der Waals surface area (Å²) in [6.45, 7) is 1.63. The quantitative estimate of drug-likeness (QED) is 0.827. The summed E-state index contributed by atoms with van der Waals surface area (Å²) < 4.78 is 31.8. The normalized spacial score (nSPS) is 20.0. The van der Waals surface area contributed by atoms with Gasteiger partial charge < -0.3 is 9.64 Å². The molecule has 0 atom stereocenters. The number of carbonyl (C=O) groups excluding carboxylic acids is 1. The molecule has 0 N–H and O–H groups in total. The molecule has 3 rings (SSSR count). The van der Waals surface area contributed by atoms with Crippen molar-refractivity contribution in [3.63, 3.8) is 0 Å². The molecule has 1 saturated heterocycles. The molecular weight excluding hydrogens is 304 g/mol. The minimum Gasteiger partial charge on any atom is -0.497 e. The van der Waals surface area contributed by atoms with Crippen LogP contribution in [0.3, 0.4) is 0 Å². The topological polar surface area (TPSA) is 66.9 Å². The van der Waals surface area contributed by atoms with Crippen molar-refractivity contribution in [1.29, 1.82) is 0 Å². The number of ether oxygens (including phenoxy) is 1. The van der Waals surface area contributed by atoms with Gasteiger partial charge in [-0.2, -0.15) is 4.31 Å². The van der Waals surface area contributed by atoms with E-state index in [9.17, 15) is 13.2 Å². The number of methoxy groups -OCH3 is 1. The maximum absolute atomic E-state index is 12.6. The van der Waals surface area contributed by atoms with Crippen LogP contribution in [-0.4, -0.2) is 56.8 Å². The Morgan fingerprint density at radius 3 is 2.45 bits per heavy atom. The van der Waals surface area contributed by atoms with Gasteiger partial charge in [-0.15, -0.1) is 0 Å². The summed E-state index contributed by atoms with van der Waals surface area (Å²) in [7, 11) is -2.03. The van der Waals surface area contributed by atoms with Gasteiger partial charge in [0.25, 0.3) is 0 Å². The zero-order valence-corrected chi connectivity index (χ0v) is 13.4. The van der Waals surface area contributed by atoms with Gasteiger partial charge in [0.05, 0.1) is 12.0 Å². The summed E-state index contributed by atoms with van der Waals surface area (Å²) in [6, 6.07) is 6.47. The van der Waals surface area contributed by atoms with Crippen molar-refractivity contribution in [2.45, 2.75) is 17.7 Å². The third kappa shape index (κ3) is 2.96. The Morgan fingerprint density at radius 1 is 1.18 bits per heavy atom. The third-order valence-electron chi connectivity index (χ3n) is 4.16. The molecule has 22 heavy (non-hydrogen) atoms. The summed E-state index contributed by atoms with van der Waals surface area (Å²) in [4.78, 5) is 14.0. The molecule has 1 aromatic carbocycles. The standard InChI is InChI=1S/C15H20N2O4S/c1-21-13-3-2-4-14(11-13)22(19,20)17-9-7-16(8-10-17)15(18)12-5-6-12/h2-4,11-12H,5-10H2,1H3. The molecule has 6 nitrogen and oxygen atoms in total. The van der Waals surface area contributed by atoms with Gasteiger partial charge in [-0.3, -0.25) is 4.79 Å². The molecule has 2 fully saturated rings. The highest BCUT2D eigenvalue weighted by Crippen LogP contribution is 2.31. The number of piperazine rings is 1. The minimum atomic E-state index is -3.53. The van der Waals surface area contributed by atoms with Crippen LogP contribution in [0.5, 0.6) is 5.75 Å². The number of carbonyl (C=O) groups is 1. The Morgan fingerprint density at radius 2 is 1.86 bits per heavy atom. The van der Waals surface area contributed by atoms with Crippen LogP contribution in [0, 0.1) is 5.92 Å². The van der Waals surface area contributed by atoms with Gasteiger partial charge in [0.1, 0.15) is 5.75 Å². The Bertz CT molecular complexity index is 662. The molecule has 1 amide bonds. The van der Waals surface area contributed by atoms with Gasteiger partial charge in [-0.25, -0.2) is 8.42 Å². The highest BCUT2D eigenvalue weighted by molar-refractivity contribution is 7.89. The summed E-state index contributed by atoms with van der Waals surface area (Å²) in [5.74, 6) is 0.878. The molecule has 120 valence electrons. The number of nitrogens with zero attached hydrogens (tertiary/aromatic N) is 2. The van der Waals surface area contributed by atoms with Crippen LogP contribution in [0.1, 0.15) is 12.8 Å². The average Bonchev–Trinajstić information content (AvgIpc) is 3.39. The molecule has 1 aliphatic heterocycles. The first-order chi connectivity index (χ1) is 10.5. The van der Waals surface area contributed by atoms with Crippen molar-refractivity contribution >= 4 is 15.9 Å². The number of rotatable bonds is 4. The van der Waals surface area contributed by atoms with E-state index in [-0.39, 0.29) is 16.7 Å². The maximum Gasteiger partial charge on any atom is 0.243 e. The van der Waals surface area contributed by atoms with Gasteiger partial charge in [0.15, 0.2) is 0 Å². The molecule has 2 aliphatic rings. The maximum atomic E-state index is 12.6. The van der Waals surface area contributed by atoms with E-state index in [1.807, 2.05) is 0 Å². The zero-order chi connectivity index (χ0) is 15.7. The molecular formula is C15H20N2O4S. The van der Waals surface area contributed by atoms with E-state index >= 15 is 0 Å². The largest absolute Gasteiger partial charge is 0.497 e. The Balaban J connectivity index is 1.69. The fourth-order valence-electron chi connectivity index (χ4n) is 2.65. The summed E-state index contributed by atoms with van der Waals surface area (Å²) in [5.41, 5.74) is 0. The van der Waals surface area contributed by atoms with Crippen LogP contribution in [-0.2, 0) is 14.8 Å². The first-order valence-corrected chi connectivity index (χ1v) is 8.89. The lowest BCUT2D eigenvalue weighted by Crippen LogP contribution is -2.50. The molecule has 1 saturated carbocycles. The van der Waals surface area contributed by atoms with Crippen molar-refractivity contribution in [1.82, 2.24) is 9.21 Å². The predicted octanol–water partition coefficient (Wildman–Crippen LogP) is 0.938. The van der Waals surface area contributed by atoms with Crippen LogP contribution in [0.4, 0.5) is 0 Å². The van der Waals surface area contributed by atoms with E-state index in [2.05, 4.69) is 0 Å². The van der Waals surface area contributed by atoms with Crippen LogP contribution >= 0.6 is 0 Å². The zero-order valence-electron chi connectivity index (χ0n) is 12.6. The molecule has 1 aromatic rings. The van der Waals surface area contributed by atoms with Gasteiger partial charge in [-0.1, -0.05) is 6.07 Å². The first kappa shape index (κ1) is 15.3. The van der Waals surface area contributed by atoms with Gasteiger partial charge in [0.2, 0.25) is 15.9 Å². The fraction of sp³-hybridized carbons (Fsp3) is 0.533. The predicted molar refractivity (Wildman–Crippen MR) is 81.1 cm³/mol. The number of amides is 1. The van der Waals surface area contributed by atoms with E-state index in [1.165, 1.54) is 17.5 Å². The molecule has 1 aliphatic carbocycles. The summed E-state index contributed by atoms with van der Waals surface area (Å²) >= 11 is 0. The number of sulfonamides is 1. The lowest BCUT2D eigenvalue weighted by molar-refractivity contribution is -0.133. The van der Waals surface area contributed by atoms with Crippen molar-refractivity contribution in [2.24, 2.45) is 5.92 Å². The van der Waals surface area contributed by atoms with E-state index in [0.29, 0.717) is 31.9 Å². The lowest BCUT2D eigenvalue weighted by Gasteiger charge is -2.34. The summed E-state index contributed by atoms with van der Waals surface area (Å²) in [6.07, 6.45) is 1.95. The van der Waals surface area contributed by atoms with Crippen LogP contribution in [0.25, 0.3) is 0 Å². The number of benzene rings is 1. The van der Waals surface area contributed by atoms with E-state index in [1.54, 1.807) is 23.1 Å². The fourth-order valence-corrected chi connectivity index (χ4v) is 4.11. The second-order valence-electron chi connectivity index (χ2n) is 5.68. The van der Waals surface area contributed by atoms with E-state index < -0.39 is 10.0 Å². The SMILES string of the molecule is COc1cccc(S(=O)(=O)N2CCN(C(=O)C3CC3)CC2)c1. The minimum absolute atomic E-state index is 0.179. The number of hydrogen-bond acceptors (Lipinski definition) is 4. The Labute approximate surface area is 130 Å². The molecule has 1 heterocycles. The molecule has 0 spiro atoms. The van der Waals surface area contributed by atoms with Gasteiger partial charge in [-0.05, 0) is 25.0 Å². The van der Waals surface area contributed by atoms with Crippen molar-refractivity contribution in [3.05, 3.63) is 24.3 Å². The second kappa shape index (κ2) is 5.89. The van der Waals surface area contributed by atoms with Crippen LogP contribution in [0.15, 0.2) is 29.2 Å². The smallest absolute Gasteiger partial charge is 0.243 e. The highest BCUT2D eigenvalue weighted by Gasteiger charge is 2.36. The third-order valence-corrected chi connectivity index (χ3v) is 6.05. The van der Waals surface area contributed by atoms with Crippen molar-refractivity contribution < 1.29 is 17.9 Å². The van der Waals surface area contributed by atoms with Crippen molar-refractivity contribution in [3.8, 4) is 5.75 Å². The number of hydrogen-bond donors (Lipinski definition) is 0. The van der Waals surface area contributed by atoms with Gasteiger partial charge >= 0.3 is 0 Å². The molecule has 0 unspecified atom stereocenters. The van der Waals surface area contributed by atoms with Crippen LogP contribution in [0.2, 0.25) is 0 Å². The van der Waals surface area contributed by atoms with E-state index in [0.717, 1.165) is 12.8 Å². The van der Waals surface area contributed by atoms with Crippen molar-refractivity contribution in [2.75, 3.05) is 33.3 Å². The Hall–Kier alpha value is -1.60. The molecule has 0 bridgehead atoms. The van der Waals surface area contributed by atoms with E-state index in [4.69, 9.17) is 4.74 Å². The average molecular weight is 324 g/mol. The molecule has 0 radical (unpaired) electrons.